The van der Waals surface area contributed by atoms with Crippen LogP contribution in [0.1, 0.15) is 24.7 Å². The van der Waals surface area contributed by atoms with E-state index in [2.05, 4.69) is 5.10 Å². The molecule has 2 heterocycles. The van der Waals surface area contributed by atoms with Crippen molar-refractivity contribution in [3.63, 3.8) is 0 Å². The zero-order valence-electron chi connectivity index (χ0n) is 10.6. The molecule has 1 aliphatic heterocycles. The summed E-state index contributed by atoms with van der Waals surface area (Å²) in [6.07, 6.45) is 0.282. The van der Waals surface area contributed by atoms with Gasteiger partial charge < -0.3 is 9.64 Å². The molecular weight excluding hydrogens is 232 g/mol. The summed E-state index contributed by atoms with van der Waals surface area (Å²) in [5, 5.41) is 12.9. The molecular formula is C12H16N4O2. The maximum absolute atomic E-state index is 12.2. The Morgan fingerprint density at radius 3 is 3.06 bits per heavy atom. The van der Waals surface area contributed by atoms with Crippen LogP contribution in [0.2, 0.25) is 0 Å². The van der Waals surface area contributed by atoms with E-state index < -0.39 is 0 Å². The number of aromatic nitrogens is 2. The van der Waals surface area contributed by atoms with E-state index >= 15 is 0 Å². The lowest BCUT2D eigenvalue weighted by molar-refractivity contribution is -0.143. The van der Waals surface area contributed by atoms with Gasteiger partial charge in [0, 0.05) is 13.7 Å². The van der Waals surface area contributed by atoms with Gasteiger partial charge in [-0.15, -0.1) is 0 Å². The number of rotatable bonds is 3. The number of nitrogens with zero attached hydrogens (tertiary/aromatic N) is 4. The van der Waals surface area contributed by atoms with Crippen molar-refractivity contribution in [2.75, 3.05) is 13.7 Å². The monoisotopic (exact) mass is 248 g/mol. The number of carbonyl (C=O) groups excluding carboxylic acids is 1. The molecule has 18 heavy (non-hydrogen) atoms. The lowest BCUT2D eigenvalue weighted by Gasteiger charge is -2.30. The molecule has 1 aromatic rings. The van der Waals surface area contributed by atoms with Crippen LogP contribution in [-0.2, 0) is 22.6 Å². The third-order valence-electron chi connectivity index (χ3n) is 3.15. The fourth-order valence-electron chi connectivity index (χ4n) is 2.15. The molecule has 0 fully saturated rings. The van der Waals surface area contributed by atoms with E-state index in [0.29, 0.717) is 31.7 Å². The minimum atomic E-state index is -0.380. The van der Waals surface area contributed by atoms with Crippen LogP contribution in [-0.4, -0.2) is 40.3 Å². The van der Waals surface area contributed by atoms with Crippen molar-refractivity contribution in [3.8, 4) is 6.07 Å². The van der Waals surface area contributed by atoms with Crippen LogP contribution < -0.4 is 0 Å². The van der Waals surface area contributed by atoms with Crippen molar-refractivity contribution in [2.45, 2.75) is 32.5 Å². The van der Waals surface area contributed by atoms with Crippen LogP contribution in [0.4, 0.5) is 0 Å². The highest BCUT2D eigenvalue weighted by Crippen LogP contribution is 2.15. The van der Waals surface area contributed by atoms with Crippen LogP contribution in [0.25, 0.3) is 0 Å². The van der Waals surface area contributed by atoms with Crippen LogP contribution >= 0.6 is 0 Å². The predicted octanol–water partition coefficient (Wildman–Crippen LogP) is 0.522. The van der Waals surface area contributed by atoms with Crippen LogP contribution in [0.15, 0.2) is 6.07 Å². The zero-order valence-corrected chi connectivity index (χ0v) is 10.6. The number of ether oxygens (including phenoxy) is 1. The smallest absolute Gasteiger partial charge is 0.252 e. The average molecular weight is 248 g/mol. The summed E-state index contributed by atoms with van der Waals surface area (Å²) < 4.78 is 6.95. The summed E-state index contributed by atoms with van der Waals surface area (Å²) >= 11 is 0. The first kappa shape index (κ1) is 12.6. The Hall–Kier alpha value is -1.87. The van der Waals surface area contributed by atoms with E-state index in [1.54, 1.807) is 22.8 Å². The minimum absolute atomic E-state index is 0.00552. The summed E-state index contributed by atoms with van der Waals surface area (Å²) in [4.78, 5) is 13.9. The van der Waals surface area contributed by atoms with Crippen molar-refractivity contribution in [3.05, 3.63) is 17.5 Å². The van der Waals surface area contributed by atoms with Crippen LogP contribution in [0, 0.1) is 11.3 Å². The fraction of sp³-hybridized carbons (Fsp3) is 0.583. The highest BCUT2D eigenvalue weighted by molar-refractivity contribution is 5.81. The van der Waals surface area contributed by atoms with Crippen molar-refractivity contribution in [1.82, 2.24) is 14.7 Å². The van der Waals surface area contributed by atoms with Crippen molar-refractivity contribution in [2.24, 2.45) is 0 Å². The molecule has 0 radical (unpaired) electrons. The van der Waals surface area contributed by atoms with Gasteiger partial charge >= 0.3 is 0 Å². The van der Waals surface area contributed by atoms with E-state index in [4.69, 9.17) is 10.00 Å². The number of hydrogen-bond acceptors (Lipinski definition) is 4. The number of nitriles is 1. The van der Waals surface area contributed by atoms with Crippen molar-refractivity contribution in [1.29, 1.82) is 5.26 Å². The summed E-state index contributed by atoms with van der Waals surface area (Å²) in [6.45, 7) is 3.66. The molecule has 1 aliphatic rings. The average Bonchev–Trinajstić information content (AvgIpc) is 2.81. The number of fused-ring (bicyclic) bond motifs is 1. The topological polar surface area (TPSA) is 71.2 Å². The van der Waals surface area contributed by atoms with Gasteiger partial charge in [-0.2, -0.15) is 10.4 Å². The van der Waals surface area contributed by atoms with E-state index in [9.17, 15) is 4.79 Å². The number of methoxy groups -OCH3 is 1. The molecule has 0 spiro atoms. The van der Waals surface area contributed by atoms with Crippen LogP contribution in [0.5, 0.6) is 0 Å². The molecule has 2 rings (SSSR count). The third-order valence-corrected chi connectivity index (χ3v) is 3.15. The Kier molecular flexibility index (Phi) is 3.63. The summed E-state index contributed by atoms with van der Waals surface area (Å²) in [5.74, 6) is 0.00552. The number of carbonyl (C=O) groups is 1. The minimum Gasteiger partial charge on any atom is -0.372 e. The van der Waals surface area contributed by atoms with Crippen molar-refractivity contribution < 1.29 is 9.53 Å². The van der Waals surface area contributed by atoms with Gasteiger partial charge in [0.05, 0.1) is 18.8 Å². The second kappa shape index (κ2) is 5.19. The molecule has 0 unspecified atom stereocenters. The molecule has 0 aromatic carbocycles. The van der Waals surface area contributed by atoms with Gasteiger partial charge in [0.15, 0.2) is 5.69 Å². The molecule has 0 bridgehead atoms. The highest BCUT2D eigenvalue weighted by Gasteiger charge is 2.27. The van der Waals surface area contributed by atoms with Crippen molar-refractivity contribution >= 4 is 5.91 Å². The third kappa shape index (κ3) is 2.22. The molecule has 6 heteroatoms. The molecule has 1 atom stereocenters. The maximum Gasteiger partial charge on any atom is 0.252 e. The Balaban J connectivity index is 2.12. The molecule has 0 saturated heterocycles. The predicted molar refractivity (Wildman–Crippen MR) is 63.4 cm³/mol. The Bertz CT molecular complexity index is 485. The van der Waals surface area contributed by atoms with Gasteiger partial charge in [0.1, 0.15) is 12.2 Å². The molecule has 1 amide bonds. The van der Waals surface area contributed by atoms with Gasteiger partial charge in [0.2, 0.25) is 0 Å². The molecule has 0 N–H and O–H groups in total. The second-order valence-electron chi connectivity index (χ2n) is 4.25. The molecule has 1 aromatic heterocycles. The van der Waals surface area contributed by atoms with Crippen LogP contribution in [0.3, 0.4) is 0 Å². The first-order chi connectivity index (χ1) is 8.69. The van der Waals surface area contributed by atoms with E-state index in [1.807, 2.05) is 13.0 Å². The van der Waals surface area contributed by atoms with E-state index in [1.165, 1.54) is 0 Å². The molecule has 6 nitrogen and oxygen atoms in total. The first-order valence-electron chi connectivity index (χ1n) is 5.98. The van der Waals surface area contributed by atoms with Gasteiger partial charge in [-0.3, -0.25) is 9.48 Å². The van der Waals surface area contributed by atoms with Gasteiger partial charge in [-0.05, 0) is 12.5 Å². The quantitative estimate of drug-likeness (QED) is 0.782. The fourth-order valence-corrected chi connectivity index (χ4v) is 2.15. The standard InChI is InChI=1S/C12H16N4O2/c1-3-11(18-2)12(17)15-4-5-16-10(8-15)6-9(7-13)14-16/h6,11H,3-5,8H2,1-2H3/t11-/m1/s1. The Labute approximate surface area is 106 Å². The number of amides is 1. The lowest BCUT2D eigenvalue weighted by atomic mass is 10.2. The lowest BCUT2D eigenvalue weighted by Crippen LogP contribution is -2.44. The number of hydrogen-bond donors (Lipinski definition) is 0. The van der Waals surface area contributed by atoms with E-state index in [0.717, 1.165) is 5.69 Å². The summed E-state index contributed by atoms with van der Waals surface area (Å²) in [6, 6.07) is 3.74. The Morgan fingerprint density at radius 2 is 2.44 bits per heavy atom. The molecule has 0 saturated carbocycles. The molecule has 0 aliphatic carbocycles. The normalized spacial score (nSPS) is 15.9. The van der Waals surface area contributed by atoms with E-state index in [-0.39, 0.29) is 12.0 Å². The second-order valence-corrected chi connectivity index (χ2v) is 4.25. The largest absolute Gasteiger partial charge is 0.372 e. The zero-order chi connectivity index (χ0) is 13.1. The SMILES string of the molecule is CC[C@@H](OC)C(=O)N1CCn2nc(C#N)cc2C1. The summed E-state index contributed by atoms with van der Waals surface area (Å²) in [7, 11) is 1.55. The van der Waals surface area contributed by atoms with Gasteiger partial charge in [-0.1, -0.05) is 6.92 Å². The first-order valence-corrected chi connectivity index (χ1v) is 5.98. The Morgan fingerprint density at radius 1 is 1.67 bits per heavy atom. The van der Waals surface area contributed by atoms with Gasteiger partial charge in [0.25, 0.3) is 5.91 Å². The maximum atomic E-state index is 12.2. The highest BCUT2D eigenvalue weighted by atomic mass is 16.5. The van der Waals surface area contributed by atoms with Gasteiger partial charge in [-0.25, -0.2) is 0 Å². The summed E-state index contributed by atoms with van der Waals surface area (Å²) in [5.41, 5.74) is 1.30. The molecule has 96 valence electrons.